The first kappa shape index (κ1) is 29.4. The normalized spacial score (nSPS) is 21.4. The van der Waals surface area contributed by atoms with Crippen LogP contribution in [-0.2, 0) is 11.0 Å². The zero-order chi connectivity index (χ0) is 28.1. The van der Waals surface area contributed by atoms with Crippen molar-refractivity contribution in [2.24, 2.45) is 0 Å². The molecule has 1 unspecified atom stereocenters. The van der Waals surface area contributed by atoms with E-state index in [1.54, 1.807) is 6.26 Å². The predicted octanol–water partition coefficient (Wildman–Crippen LogP) is 3.79. The van der Waals surface area contributed by atoms with Gasteiger partial charge in [-0.3, -0.25) is 4.79 Å². The number of carbonyl (C=O) groups is 1. The molecule has 13 heteroatoms. The van der Waals surface area contributed by atoms with Crippen LogP contribution in [0, 0.1) is 5.82 Å². The van der Waals surface area contributed by atoms with Crippen LogP contribution in [0.2, 0.25) is 5.02 Å². The molecule has 1 aliphatic heterocycles. The number of anilines is 3. The third-order valence-corrected chi connectivity index (χ3v) is 8.86. The van der Waals surface area contributed by atoms with Crippen LogP contribution in [0.25, 0.3) is 0 Å². The summed E-state index contributed by atoms with van der Waals surface area (Å²) < 4.78 is 34.5. The van der Waals surface area contributed by atoms with Gasteiger partial charge in [-0.1, -0.05) is 24.4 Å². The molecule has 0 radical (unpaired) electrons. The van der Waals surface area contributed by atoms with Gasteiger partial charge in [0.2, 0.25) is 5.95 Å². The molecule has 1 aromatic heterocycles. The van der Waals surface area contributed by atoms with Crippen LogP contribution in [0.4, 0.5) is 21.8 Å². The van der Waals surface area contributed by atoms with Crippen LogP contribution < -0.4 is 20.7 Å². The maximum Gasteiger partial charge on any atom is 0.254 e. The lowest BCUT2D eigenvalue weighted by Crippen LogP contribution is -2.47. The molecule has 2 fully saturated rings. The zero-order valence-corrected chi connectivity index (χ0v) is 24.4. The molecular formula is C26H37ClFN7O3S. The molecule has 0 spiro atoms. The highest BCUT2D eigenvalue weighted by Crippen LogP contribution is 2.32. The van der Waals surface area contributed by atoms with Crippen molar-refractivity contribution in [1.29, 1.82) is 0 Å². The van der Waals surface area contributed by atoms with E-state index in [-0.39, 0.29) is 41.1 Å². The number of ether oxygens (including phenoxy) is 1. The topological polar surface area (TPSA) is 112 Å². The standard InChI is InChI=1S/C26H37ClFN7O3S/c1-34-11-9-16(10-12-34)30-25(36)17-13-23(38-3)21(14-19(17)28)32-26-29-15-18(27)24(33-26)31-20-7-5-6-8-22(20)35(2)39(4)37/h13-16,20,22H,5-12H2,1-4H3,(H,30,36)(H2,29,31,32,33)/t20-,22-,39?/m1/s1. The van der Waals surface area contributed by atoms with E-state index in [2.05, 4.69) is 30.8 Å². The summed E-state index contributed by atoms with van der Waals surface area (Å²) in [6, 6.07) is 2.66. The minimum absolute atomic E-state index is 0.00207. The summed E-state index contributed by atoms with van der Waals surface area (Å²) in [7, 11) is 4.24. The van der Waals surface area contributed by atoms with E-state index in [0.717, 1.165) is 51.6 Å². The largest absolute Gasteiger partial charge is 0.495 e. The molecule has 2 aromatic rings. The third-order valence-electron chi connectivity index (χ3n) is 7.50. The summed E-state index contributed by atoms with van der Waals surface area (Å²) in [5.74, 6) is -0.270. The highest BCUT2D eigenvalue weighted by atomic mass is 35.5. The third kappa shape index (κ3) is 7.36. The Bertz CT molecular complexity index is 1200. The number of carbonyl (C=O) groups excluding carboxylic acids is 1. The van der Waals surface area contributed by atoms with Gasteiger partial charge < -0.3 is 25.6 Å². The van der Waals surface area contributed by atoms with Gasteiger partial charge in [-0.2, -0.15) is 4.98 Å². The van der Waals surface area contributed by atoms with Gasteiger partial charge in [-0.25, -0.2) is 17.9 Å². The molecule has 1 amide bonds. The van der Waals surface area contributed by atoms with E-state index in [9.17, 15) is 9.00 Å². The van der Waals surface area contributed by atoms with E-state index in [1.807, 2.05) is 18.4 Å². The van der Waals surface area contributed by atoms with Gasteiger partial charge in [0.25, 0.3) is 5.91 Å². The Kier molecular flexibility index (Phi) is 9.97. The fraction of sp³-hybridized carbons (Fsp3) is 0.577. The molecule has 3 atom stereocenters. The molecule has 3 N–H and O–H groups in total. The number of nitrogens with one attached hydrogen (secondary N) is 3. The van der Waals surface area contributed by atoms with Gasteiger partial charge in [0.1, 0.15) is 16.6 Å². The number of aromatic nitrogens is 2. The van der Waals surface area contributed by atoms with Crippen LogP contribution in [-0.4, -0.2) is 88.0 Å². The number of hydrogen-bond donors (Lipinski definition) is 3. The first-order valence-corrected chi connectivity index (χ1v) is 15.0. The second-order valence-corrected chi connectivity index (χ2v) is 12.0. The Morgan fingerprint density at radius 3 is 2.64 bits per heavy atom. The maximum absolute atomic E-state index is 15.1. The maximum atomic E-state index is 15.1. The Morgan fingerprint density at radius 1 is 1.23 bits per heavy atom. The lowest BCUT2D eigenvalue weighted by Gasteiger charge is -2.37. The highest BCUT2D eigenvalue weighted by Gasteiger charge is 2.31. The highest BCUT2D eigenvalue weighted by molar-refractivity contribution is 7.81. The smallest absolute Gasteiger partial charge is 0.254 e. The Hall–Kier alpha value is -2.54. The van der Waals surface area contributed by atoms with Crippen LogP contribution in [0.5, 0.6) is 5.75 Å². The lowest BCUT2D eigenvalue weighted by molar-refractivity contribution is 0.0912. The van der Waals surface area contributed by atoms with Gasteiger partial charge in [-0.05, 0) is 51.9 Å². The molecule has 4 rings (SSSR count). The quantitative estimate of drug-likeness (QED) is 0.410. The number of hydrogen-bond acceptors (Lipinski definition) is 8. The summed E-state index contributed by atoms with van der Waals surface area (Å²) >= 11 is 6.41. The molecule has 1 aliphatic carbocycles. The Morgan fingerprint density at radius 2 is 1.95 bits per heavy atom. The number of halogens is 2. The average Bonchev–Trinajstić information content (AvgIpc) is 2.91. The summed E-state index contributed by atoms with van der Waals surface area (Å²) in [5, 5.41) is 9.67. The summed E-state index contributed by atoms with van der Waals surface area (Å²) in [5.41, 5.74) is 0.187. The van der Waals surface area contributed by atoms with Crippen molar-refractivity contribution in [3.8, 4) is 5.75 Å². The molecule has 10 nitrogen and oxygen atoms in total. The molecule has 214 valence electrons. The number of amides is 1. The van der Waals surface area contributed by atoms with Gasteiger partial charge in [0, 0.05) is 37.5 Å². The molecule has 1 saturated carbocycles. The number of nitrogens with zero attached hydrogens (tertiary/aromatic N) is 4. The van der Waals surface area contributed by atoms with Crippen molar-refractivity contribution in [1.82, 2.24) is 24.5 Å². The second-order valence-electron chi connectivity index (χ2n) is 10.2. The molecule has 2 aliphatic rings. The minimum atomic E-state index is -1.10. The SMILES string of the molecule is COc1cc(C(=O)NC2CCN(C)CC2)c(F)cc1Nc1ncc(Cl)c(N[C@@H]2CCCC[C@H]2N(C)S(C)=O)n1. The van der Waals surface area contributed by atoms with Crippen molar-refractivity contribution in [3.05, 3.63) is 34.7 Å². The number of likely N-dealkylation sites (N-methyl/N-ethyl adjacent to an activating group) is 1. The summed E-state index contributed by atoms with van der Waals surface area (Å²) in [6.07, 6.45) is 8.67. The lowest BCUT2D eigenvalue weighted by atomic mass is 9.90. The number of rotatable bonds is 9. The first-order valence-electron chi connectivity index (χ1n) is 13.2. The number of likely N-dealkylation sites (tertiary alicyclic amines) is 1. The van der Waals surface area contributed by atoms with Crippen molar-refractivity contribution >= 4 is 45.9 Å². The second kappa shape index (κ2) is 13.2. The molecule has 2 heterocycles. The van der Waals surface area contributed by atoms with Gasteiger partial charge in [-0.15, -0.1) is 0 Å². The molecule has 1 saturated heterocycles. The van der Waals surface area contributed by atoms with Crippen LogP contribution in [0.3, 0.4) is 0 Å². The average molecular weight is 582 g/mol. The van der Waals surface area contributed by atoms with E-state index >= 15 is 4.39 Å². The number of methoxy groups -OCH3 is 1. The predicted molar refractivity (Wildman–Crippen MR) is 153 cm³/mol. The molecular weight excluding hydrogens is 545 g/mol. The fourth-order valence-corrected chi connectivity index (χ4v) is 5.92. The van der Waals surface area contributed by atoms with E-state index in [4.69, 9.17) is 16.3 Å². The van der Waals surface area contributed by atoms with Crippen molar-refractivity contribution in [2.75, 3.05) is 51.2 Å². The van der Waals surface area contributed by atoms with Crippen LogP contribution in [0.15, 0.2) is 18.3 Å². The monoisotopic (exact) mass is 581 g/mol. The Labute approximate surface area is 236 Å². The minimum Gasteiger partial charge on any atom is -0.495 e. The summed E-state index contributed by atoms with van der Waals surface area (Å²) in [4.78, 5) is 23.8. The Balaban J connectivity index is 1.50. The van der Waals surface area contributed by atoms with Gasteiger partial charge in [0.05, 0.1) is 35.5 Å². The van der Waals surface area contributed by atoms with Crippen molar-refractivity contribution < 1.29 is 18.1 Å². The van der Waals surface area contributed by atoms with E-state index in [1.165, 1.54) is 25.4 Å². The molecule has 1 aromatic carbocycles. The van der Waals surface area contributed by atoms with E-state index in [0.29, 0.717) is 10.8 Å². The molecule has 39 heavy (non-hydrogen) atoms. The summed E-state index contributed by atoms with van der Waals surface area (Å²) in [6.45, 7) is 1.77. The van der Waals surface area contributed by atoms with Crippen LogP contribution in [0.1, 0.15) is 48.9 Å². The van der Waals surface area contributed by atoms with E-state index < -0.39 is 22.7 Å². The first-order chi connectivity index (χ1) is 18.7. The molecule has 0 bridgehead atoms. The zero-order valence-electron chi connectivity index (χ0n) is 22.8. The number of piperidine rings is 1. The van der Waals surface area contributed by atoms with Gasteiger partial charge >= 0.3 is 0 Å². The number of benzene rings is 1. The van der Waals surface area contributed by atoms with Crippen LogP contribution >= 0.6 is 11.6 Å². The van der Waals surface area contributed by atoms with Crippen molar-refractivity contribution in [3.63, 3.8) is 0 Å². The van der Waals surface area contributed by atoms with Gasteiger partial charge in [0.15, 0.2) is 5.82 Å². The van der Waals surface area contributed by atoms with Crippen molar-refractivity contribution in [2.45, 2.75) is 56.7 Å². The fourth-order valence-electron chi connectivity index (χ4n) is 5.14.